The van der Waals surface area contributed by atoms with Crippen LogP contribution >= 0.6 is 0 Å². The Balaban J connectivity index is 1.46. The molecule has 0 unspecified atom stereocenters. The summed E-state index contributed by atoms with van der Waals surface area (Å²) >= 11 is 0. The van der Waals surface area contributed by atoms with Crippen molar-refractivity contribution in [3.8, 4) is 5.75 Å². The third kappa shape index (κ3) is 5.81. The van der Waals surface area contributed by atoms with Crippen LogP contribution in [0.2, 0.25) is 0 Å². The molecule has 0 saturated carbocycles. The number of nitrogens with one attached hydrogen (secondary N) is 1. The van der Waals surface area contributed by atoms with Gasteiger partial charge >= 0.3 is 5.97 Å². The van der Waals surface area contributed by atoms with E-state index in [2.05, 4.69) is 10.2 Å². The molecule has 1 aliphatic rings. The number of rotatable bonds is 8. The number of methoxy groups -OCH3 is 1. The summed E-state index contributed by atoms with van der Waals surface area (Å²) in [6.07, 6.45) is 1.38. The topological polar surface area (TPSA) is 101 Å². The Morgan fingerprint density at radius 2 is 1.75 bits per heavy atom. The number of hydrogen-bond acceptors (Lipinski definition) is 7. The summed E-state index contributed by atoms with van der Waals surface area (Å²) in [5, 5.41) is 2.61. The zero-order chi connectivity index (χ0) is 23.1. The van der Waals surface area contributed by atoms with Crippen LogP contribution in [0, 0.1) is 5.92 Å². The Morgan fingerprint density at radius 3 is 2.31 bits per heavy atom. The molecule has 1 atom stereocenters. The second-order valence-electron chi connectivity index (χ2n) is 7.85. The summed E-state index contributed by atoms with van der Waals surface area (Å²) < 4.78 is 15.5. The smallest absolute Gasteiger partial charge is 0.329 e. The van der Waals surface area contributed by atoms with Gasteiger partial charge in [-0.25, -0.2) is 4.79 Å². The third-order valence-electron chi connectivity index (χ3n) is 5.36. The molecule has 9 heteroatoms. The second-order valence-corrected chi connectivity index (χ2v) is 7.85. The van der Waals surface area contributed by atoms with Crippen molar-refractivity contribution in [2.75, 3.05) is 44.8 Å². The number of hydrogen-bond donors (Lipinski definition) is 1. The largest absolute Gasteiger partial charge is 0.497 e. The van der Waals surface area contributed by atoms with E-state index in [4.69, 9.17) is 13.9 Å². The zero-order valence-electron chi connectivity index (χ0n) is 18.6. The molecule has 1 N–H and O–H groups in total. The average Bonchev–Trinajstić information content (AvgIpc) is 3.36. The maximum Gasteiger partial charge on any atom is 0.329 e. The molecule has 1 aliphatic heterocycles. The van der Waals surface area contributed by atoms with Crippen molar-refractivity contribution >= 4 is 23.5 Å². The van der Waals surface area contributed by atoms with E-state index in [1.807, 2.05) is 24.3 Å². The van der Waals surface area contributed by atoms with Crippen LogP contribution in [0.5, 0.6) is 5.75 Å². The first-order valence-electron chi connectivity index (χ1n) is 10.6. The van der Waals surface area contributed by atoms with E-state index < -0.39 is 17.9 Å². The average molecular weight is 444 g/mol. The minimum Gasteiger partial charge on any atom is -0.497 e. The standard InChI is InChI=1S/C23H29N3O6/c1-16(2)21(24-22(28)19-5-4-14-31-19)23(29)32-15-20(27)26-12-10-25(11-13-26)17-6-8-18(30-3)9-7-17/h4-9,14,16,21H,10-13,15H2,1-3H3,(H,24,28)/t21-/m0/s1. The number of carbonyl (C=O) groups excluding carboxylic acids is 3. The molecular formula is C23H29N3O6. The van der Waals surface area contributed by atoms with Crippen LogP contribution in [0.25, 0.3) is 0 Å². The SMILES string of the molecule is COc1ccc(N2CCN(C(=O)COC(=O)[C@@H](NC(=O)c3ccco3)C(C)C)CC2)cc1. The van der Waals surface area contributed by atoms with Crippen LogP contribution in [0.15, 0.2) is 47.1 Å². The summed E-state index contributed by atoms with van der Waals surface area (Å²) in [7, 11) is 1.63. The van der Waals surface area contributed by atoms with Crippen molar-refractivity contribution in [3.05, 3.63) is 48.4 Å². The quantitative estimate of drug-likeness (QED) is 0.622. The Bertz CT molecular complexity index is 902. The first kappa shape index (κ1) is 23.2. The summed E-state index contributed by atoms with van der Waals surface area (Å²) in [4.78, 5) is 41.1. The molecule has 2 amide bonds. The molecule has 0 spiro atoms. The number of carbonyl (C=O) groups is 3. The van der Waals surface area contributed by atoms with Crippen LogP contribution in [0.1, 0.15) is 24.4 Å². The number of piperazine rings is 1. The summed E-state index contributed by atoms with van der Waals surface area (Å²) in [5.74, 6) is -0.729. The monoisotopic (exact) mass is 443 g/mol. The molecule has 9 nitrogen and oxygen atoms in total. The molecule has 1 aromatic heterocycles. The van der Waals surface area contributed by atoms with Gasteiger partial charge in [0.25, 0.3) is 11.8 Å². The number of furan rings is 1. The molecule has 2 heterocycles. The Labute approximate surface area is 187 Å². The number of anilines is 1. The Kier molecular flexibility index (Phi) is 7.75. The van der Waals surface area contributed by atoms with Crippen molar-refractivity contribution < 1.29 is 28.3 Å². The van der Waals surface area contributed by atoms with Gasteiger partial charge in [0.1, 0.15) is 11.8 Å². The molecule has 0 aliphatic carbocycles. The molecule has 32 heavy (non-hydrogen) atoms. The van der Waals surface area contributed by atoms with Gasteiger partial charge in [-0.15, -0.1) is 0 Å². The minimum absolute atomic E-state index is 0.106. The number of nitrogens with zero attached hydrogens (tertiary/aromatic N) is 2. The van der Waals surface area contributed by atoms with Crippen LogP contribution in [0.3, 0.4) is 0 Å². The van der Waals surface area contributed by atoms with Gasteiger partial charge in [0, 0.05) is 31.9 Å². The van der Waals surface area contributed by atoms with E-state index in [-0.39, 0.29) is 24.2 Å². The predicted octanol–water partition coefficient (Wildman–Crippen LogP) is 1.93. The maximum atomic E-state index is 12.5. The third-order valence-corrected chi connectivity index (χ3v) is 5.36. The molecule has 2 aromatic rings. The van der Waals surface area contributed by atoms with Crippen molar-refractivity contribution in [2.24, 2.45) is 5.92 Å². The summed E-state index contributed by atoms with van der Waals surface area (Å²) in [5.41, 5.74) is 1.07. The van der Waals surface area contributed by atoms with Gasteiger partial charge in [0.2, 0.25) is 0 Å². The van der Waals surface area contributed by atoms with Crippen molar-refractivity contribution in [3.63, 3.8) is 0 Å². The molecule has 1 saturated heterocycles. The van der Waals surface area contributed by atoms with Crippen molar-refractivity contribution in [2.45, 2.75) is 19.9 Å². The lowest BCUT2D eigenvalue weighted by Gasteiger charge is -2.36. The molecule has 172 valence electrons. The van der Waals surface area contributed by atoms with Crippen molar-refractivity contribution in [1.82, 2.24) is 10.2 Å². The van der Waals surface area contributed by atoms with E-state index in [9.17, 15) is 14.4 Å². The van der Waals surface area contributed by atoms with Crippen molar-refractivity contribution in [1.29, 1.82) is 0 Å². The molecular weight excluding hydrogens is 414 g/mol. The van der Waals surface area contributed by atoms with E-state index in [1.165, 1.54) is 12.3 Å². The van der Waals surface area contributed by atoms with E-state index in [0.29, 0.717) is 26.2 Å². The zero-order valence-corrected chi connectivity index (χ0v) is 18.6. The molecule has 1 fully saturated rings. The highest BCUT2D eigenvalue weighted by molar-refractivity contribution is 5.94. The van der Waals surface area contributed by atoms with Gasteiger partial charge < -0.3 is 29.0 Å². The van der Waals surface area contributed by atoms with Gasteiger partial charge in [0.15, 0.2) is 12.4 Å². The second kappa shape index (κ2) is 10.7. The number of amides is 2. The fourth-order valence-corrected chi connectivity index (χ4v) is 3.44. The molecule has 3 rings (SSSR count). The lowest BCUT2D eigenvalue weighted by atomic mass is 10.0. The number of benzene rings is 1. The van der Waals surface area contributed by atoms with Gasteiger partial charge in [-0.1, -0.05) is 13.8 Å². The number of esters is 1. The van der Waals surface area contributed by atoms with Gasteiger partial charge in [-0.3, -0.25) is 9.59 Å². The van der Waals surface area contributed by atoms with Gasteiger partial charge in [-0.05, 0) is 42.3 Å². The van der Waals surface area contributed by atoms with Crippen LogP contribution in [-0.4, -0.2) is 68.6 Å². The Hall–Kier alpha value is -3.49. The van der Waals surface area contributed by atoms with E-state index in [1.54, 1.807) is 31.9 Å². The van der Waals surface area contributed by atoms with Gasteiger partial charge in [-0.2, -0.15) is 0 Å². The summed E-state index contributed by atoms with van der Waals surface area (Å²) in [6, 6.07) is 10.00. The lowest BCUT2D eigenvalue weighted by Crippen LogP contribution is -2.50. The van der Waals surface area contributed by atoms with Crippen LogP contribution in [-0.2, 0) is 14.3 Å². The highest BCUT2D eigenvalue weighted by Gasteiger charge is 2.29. The highest BCUT2D eigenvalue weighted by atomic mass is 16.5. The molecule has 0 radical (unpaired) electrons. The van der Waals surface area contributed by atoms with Crippen LogP contribution < -0.4 is 15.0 Å². The highest BCUT2D eigenvalue weighted by Crippen LogP contribution is 2.20. The predicted molar refractivity (Wildman–Crippen MR) is 118 cm³/mol. The Morgan fingerprint density at radius 1 is 1.06 bits per heavy atom. The fraction of sp³-hybridized carbons (Fsp3) is 0.435. The first-order valence-corrected chi connectivity index (χ1v) is 10.6. The number of ether oxygens (including phenoxy) is 2. The first-order chi connectivity index (χ1) is 15.4. The van der Waals surface area contributed by atoms with E-state index >= 15 is 0 Å². The van der Waals surface area contributed by atoms with Crippen LogP contribution in [0.4, 0.5) is 5.69 Å². The fourth-order valence-electron chi connectivity index (χ4n) is 3.44. The van der Waals surface area contributed by atoms with Gasteiger partial charge in [0.05, 0.1) is 13.4 Å². The minimum atomic E-state index is -0.882. The maximum absolute atomic E-state index is 12.5. The summed E-state index contributed by atoms with van der Waals surface area (Å²) in [6.45, 7) is 5.64. The molecule has 0 bridgehead atoms. The molecule has 1 aromatic carbocycles. The lowest BCUT2D eigenvalue weighted by molar-refractivity contribution is -0.154. The van der Waals surface area contributed by atoms with E-state index in [0.717, 1.165) is 11.4 Å². The normalized spacial score (nSPS) is 14.8.